The van der Waals surface area contributed by atoms with E-state index in [0.29, 0.717) is 5.56 Å². The third-order valence-corrected chi connectivity index (χ3v) is 3.91. The highest BCUT2D eigenvalue weighted by Crippen LogP contribution is 2.33. The molecule has 2 aromatic carbocycles. The molecule has 1 amide bonds. The maximum absolute atomic E-state index is 11.6. The first-order valence-electron chi connectivity index (χ1n) is 6.70. The lowest BCUT2D eigenvalue weighted by Gasteiger charge is -2.26. The Bertz CT molecular complexity index is 717. The predicted octanol–water partition coefficient (Wildman–Crippen LogP) is 2.17. The third kappa shape index (κ3) is 1.88. The number of carbonyl (C=O) groups is 1. The molecule has 100 valence electrons. The van der Waals surface area contributed by atoms with Crippen LogP contribution in [-0.4, -0.2) is 18.5 Å². The van der Waals surface area contributed by atoms with Crippen molar-refractivity contribution in [2.45, 2.75) is 18.9 Å². The van der Waals surface area contributed by atoms with Gasteiger partial charge in [0, 0.05) is 23.0 Å². The molecule has 1 aliphatic heterocycles. The Morgan fingerprint density at radius 3 is 2.70 bits per heavy atom. The van der Waals surface area contributed by atoms with Crippen LogP contribution in [0.4, 0.5) is 5.69 Å². The fourth-order valence-corrected chi connectivity index (χ4v) is 2.98. The van der Waals surface area contributed by atoms with Crippen molar-refractivity contribution in [3.05, 3.63) is 42.0 Å². The van der Waals surface area contributed by atoms with Gasteiger partial charge in [-0.05, 0) is 25.0 Å². The molecule has 2 N–H and O–H groups in total. The molecule has 4 heteroatoms. The van der Waals surface area contributed by atoms with Crippen molar-refractivity contribution in [1.82, 2.24) is 0 Å². The Morgan fingerprint density at radius 2 is 2.00 bits per heavy atom. The van der Waals surface area contributed by atoms with Gasteiger partial charge in [-0.1, -0.05) is 24.3 Å². The standard InChI is InChI=1S/C16H15N3O/c17-10-11-7-8-14(13-5-2-1-4-12(11)13)19-9-3-6-15(19)16(18)20/h1-2,4-5,7-8,15H,3,6,9H2,(H2,18,20)/t15-/m0/s1. The number of hydrogen-bond acceptors (Lipinski definition) is 3. The van der Waals surface area contributed by atoms with Crippen molar-refractivity contribution in [1.29, 1.82) is 5.26 Å². The van der Waals surface area contributed by atoms with Crippen LogP contribution in [0.5, 0.6) is 0 Å². The summed E-state index contributed by atoms with van der Waals surface area (Å²) in [7, 11) is 0. The van der Waals surface area contributed by atoms with Gasteiger partial charge in [-0.3, -0.25) is 4.79 Å². The Hall–Kier alpha value is -2.54. The second-order valence-corrected chi connectivity index (χ2v) is 5.04. The van der Waals surface area contributed by atoms with Crippen LogP contribution >= 0.6 is 0 Å². The van der Waals surface area contributed by atoms with Crippen LogP contribution in [0.2, 0.25) is 0 Å². The van der Waals surface area contributed by atoms with E-state index < -0.39 is 0 Å². The fourth-order valence-electron chi connectivity index (χ4n) is 2.98. The Balaban J connectivity index is 2.18. The molecule has 1 fully saturated rings. The quantitative estimate of drug-likeness (QED) is 0.904. The van der Waals surface area contributed by atoms with Crippen LogP contribution in [0.25, 0.3) is 10.8 Å². The maximum Gasteiger partial charge on any atom is 0.240 e. The largest absolute Gasteiger partial charge is 0.368 e. The van der Waals surface area contributed by atoms with Crippen LogP contribution in [0.15, 0.2) is 36.4 Å². The van der Waals surface area contributed by atoms with Gasteiger partial charge in [-0.2, -0.15) is 5.26 Å². The van der Waals surface area contributed by atoms with Crippen LogP contribution in [0.1, 0.15) is 18.4 Å². The van der Waals surface area contributed by atoms with Crippen molar-refractivity contribution in [2.24, 2.45) is 5.73 Å². The van der Waals surface area contributed by atoms with Gasteiger partial charge >= 0.3 is 0 Å². The Labute approximate surface area is 117 Å². The summed E-state index contributed by atoms with van der Waals surface area (Å²) in [5.41, 5.74) is 7.13. The molecule has 0 radical (unpaired) electrons. The maximum atomic E-state index is 11.6. The second-order valence-electron chi connectivity index (χ2n) is 5.04. The first kappa shape index (κ1) is 12.5. The minimum Gasteiger partial charge on any atom is -0.368 e. The van der Waals surface area contributed by atoms with E-state index in [1.165, 1.54) is 0 Å². The molecular formula is C16H15N3O. The number of rotatable bonds is 2. The van der Waals surface area contributed by atoms with E-state index in [-0.39, 0.29) is 11.9 Å². The highest BCUT2D eigenvalue weighted by Gasteiger charge is 2.30. The van der Waals surface area contributed by atoms with Gasteiger partial charge < -0.3 is 10.6 Å². The number of nitriles is 1. The molecule has 0 aliphatic carbocycles. The second kappa shape index (κ2) is 4.86. The lowest BCUT2D eigenvalue weighted by molar-refractivity contribution is -0.119. The fraction of sp³-hybridized carbons (Fsp3) is 0.250. The molecule has 1 heterocycles. The van der Waals surface area contributed by atoms with Crippen LogP contribution in [-0.2, 0) is 4.79 Å². The molecule has 1 atom stereocenters. The summed E-state index contributed by atoms with van der Waals surface area (Å²) in [4.78, 5) is 13.6. The number of benzene rings is 2. The molecule has 3 rings (SSSR count). The van der Waals surface area contributed by atoms with Gasteiger partial charge in [-0.25, -0.2) is 0 Å². The lowest BCUT2D eigenvalue weighted by Crippen LogP contribution is -2.40. The average Bonchev–Trinajstić information content (AvgIpc) is 2.95. The zero-order valence-electron chi connectivity index (χ0n) is 11.0. The van der Waals surface area contributed by atoms with Gasteiger partial charge in [0.1, 0.15) is 6.04 Å². The van der Waals surface area contributed by atoms with E-state index >= 15 is 0 Å². The number of nitrogens with two attached hydrogens (primary N) is 1. The average molecular weight is 265 g/mol. The van der Waals surface area contributed by atoms with Crippen molar-refractivity contribution in [3.8, 4) is 6.07 Å². The summed E-state index contributed by atoms with van der Waals surface area (Å²) < 4.78 is 0. The van der Waals surface area contributed by atoms with Crippen molar-refractivity contribution < 1.29 is 4.79 Å². The minimum atomic E-state index is -0.282. The van der Waals surface area contributed by atoms with Gasteiger partial charge in [0.25, 0.3) is 0 Å². The van der Waals surface area contributed by atoms with Gasteiger partial charge in [0.2, 0.25) is 5.91 Å². The first-order chi connectivity index (χ1) is 9.72. The summed E-state index contributed by atoms with van der Waals surface area (Å²) in [5.74, 6) is -0.282. The summed E-state index contributed by atoms with van der Waals surface area (Å²) in [6, 6.07) is 13.5. The van der Waals surface area contributed by atoms with Gasteiger partial charge in [0.05, 0.1) is 11.6 Å². The van der Waals surface area contributed by atoms with Crippen LogP contribution < -0.4 is 10.6 Å². The van der Waals surface area contributed by atoms with Crippen molar-refractivity contribution in [3.63, 3.8) is 0 Å². The highest BCUT2D eigenvalue weighted by atomic mass is 16.1. The molecule has 0 bridgehead atoms. The van der Waals surface area contributed by atoms with Crippen molar-refractivity contribution in [2.75, 3.05) is 11.4 Å². The molecule has 0 saturated carbocycles. The molecule has 0 unspecified atom stereocenters. The van der Waals surface area contributed by atoms with E-state index in [2.05, 4.69) is 11.0 Å². The highest BCUT2D eigenvalue weighted by molar-refractivity contribution is 5.99. The normalized spacial score (nSPS) is 18.1. The van der Waals surface area contributed by atoms with Gasteiger partial charge in [0.15, 0.2) is 0 Å². The molecule has 1 saturated heterocycles. The number of primary amides is 1. The summed E-state index contributed by atoms with van der Waals surface area (Å²) in [6.45, 7) is 0.823. The molecular weight excluding hydrogens is 250 g/mol. The minimum absolute atomic E-state index is 0.244. The smallest absolute Gasteiger partial charge is 0.240 e. The zero-order chi connectivity index (χ0) is 14.1. The summed E-state index contributed by atoms with van der Waals surface area (Å²) in [6.07, 6.45) is 1.76. The zero-order valence-corrected chi connectivity index (χ0v) is 11.0. The number of anilines is 1. The number of fused-ring (bicyclic) bond motifs is 1. The van der Waals surface area contributed by atoms with E-state index in [9.17, 15) is 10.1 Å². The number of carbonyl (C=O) groups excluding carboxylic acids is 1. The Morgan fingerprint density at radius 1 is 1.25 bits per heavy atom. The van der Waals surface area contributed by atoms with E-state index in [0.717, 1.165) is 35.8 Å². The molecule has 4 nitrogen and oxygen atoms in total. The monoisotopic (exact) mass is 265 g/mol. The summed E-state index contributed by atoms with van der Waals surface area (Å²) >= 11 is 0. The third-order valence-electron chi connectivity index (χ3n) is 3.91. The summed E-state index contributed by atoms with van der Waals surface area (Å²) in [5, 5.41) is 11.1. The Kier molecular flexibility index (Phi) is 3.03. The van der Waals surface area contributed by atoms with E-state index in [1.54, 1.807) is 0 Å². The SMILES string of the molecule is N#Cc1ccc(N2CCC[C@H]2C(N)=O)c2ccccc12. The molecule has 20 heavy (non-hydrogen) atoms. The van der Waals surface area contributed by atoms with E-state index in [1.807, 2.05) is 36.4 Å². The number of amides is 1. The predicted molar refractivity (Wildman–Crippen MR) is 78.2 cm³/mol. The van der Waals surface area contributed by atoms with Gasteiger partial charge in [-0.15, -0.1) is 0 Å². The van der Waals surface area contributed by atoms with E-state index in [4.69, 9.17) is 5.73 Å². The molecule has 1 aliphatic rings. The first-order valence-corrected chi connectivity index (χ1v) is 6.70. The molecule has 2 aromatic rings. The molecule has 0 aromatic heterocycles. The number of nitrogens with zero attached hydrogens (tertiary/aromatic N) is 2. The van der Waals surface area contributed by atoms with Crippen molar-refractivity contribution >= 4 is 22.4 Å². The van der Waals surface area contributed by atoms with Crippen LogP contribution in [0.3, 0.4) is 0 Å². The van der Waals surface area contributed by atoms with Crippen LogP contribution in [0, 0.1) is 11.3 Å². The molecule has 0 spiro atoms. The number of hydrogen-bond donors (Lipinski definition) is 1. The lowest BCUT2D eigenvalue weighted by atomic mass is 10.0. The topological polar surface area (TPSA) is 70.1 Å².